The maximum atomic E-state index is 12.0. The van der Waals surface area contributed by atoms with Gasteiger partial charge in [0.05, 0.1) is 5.25 Å². The van der Waals surface area contributed by atoms with Gasteiger partial charge in [-0.15, -0.1) is 11.8 Å². The van der Waals surface area contributed by atoms with E-state index in [1.165, 1.54) is 0 Å². The van der Waals surface area contributed by atoms with E-state index in [1.807, 2.05) is 20.8 Å². The highest BCUT2D eigenvalue weighted by Gasteiger charge is 2.37. The number of hydrogen-bond acceptors (Lipinski definition) is 3. The number of hydrazine groups is 1. The highest BCUT2D eigenvalue weighted by molar-refractivity contribution is 8.00. The summed E-state index contributed by atoms with van der Waals surface area (Å²) in [4.78, 5) is 23.7. The lowest BCUT2D eigenvalue weighted by Gasteiger charge is -2.40. The van der Waals surface area contributed by atoms with Gasteiger partial charge in [-0.1, -0.05) is 6.92 Å². The second-order valence-electron chi connectivity index (χ2n) is 3.31. The molecule has 1 fully saturated rings. The normalized spacial score (nSPS) is 22.5. The molecule has 1 aliphatic rings. The molecule has 1 atom stereocenters. The van der Waals surface area contributed by atoms with Gasteiger partial charge in [-0.2, -0.15) is 0 Å². The first-order valence-electron chi connectivity index (χ1n) is 5.38. The van der Waals surface area contributed by atoms with Crippen molar-refractivity contribution in [3.8, 4) is 0 Å². The number of amides is 2. The second-order valence-corrected chi connectivity index (χ2v) is 4.79. The average molecular weight is 230 g/mol. The van der Waals surface area contributed by atoms with E-state index in [9.17, 15) is 9.59 Å². The van der Waals surface area contributed by atoms with Crippen LogP contribution < -0.4 is 0 Å². The van der Waals surface area contributed by atoms with E-state index in [-0.39, 0.29) is 17.1 Å². The van der Waals surface area contributed by atoms with Gasteiger partial charge in [0, 0.05) is 19.5 Å². The quantitative estimate of drug-likeness (QED) is 0.727. The molecule has 1 rings (SSSR count). The molecular formula is C10H18N2O2S. The van der Waals surface area contributed by atoms with Gasteiger partial charge in [0.1, 0.15) is 0 Å². The maximum absolute atomic E-state index is 12.0. The number of carbonyl (C=O) groups is 2. The van der Waals surface area contributed by atoms with Crippen molar-refractivity contribution in [1.82, 2.24) is 10.0 Å². The highest BCUT2D eigenvalue weighted by Crippen LogP contribution is 2.24. The topological polar surface area (TPSA) is 40.6 Å². The Labute approximate surface area is 95.0 Å². The van der Waals surface area contributed by atoms with Crippen molar-refractivity contribution >= 4 is 23.6 Å². The van der Waals surface area contributed by atoms with Gasteiger partial charge in [0.25, 0.3) is 5.91 Å². The monoisotopic (exact) mass is 230 g/mol. The van der Waals surface area contributed by atoms with Crippen molar-refractivity contribution in [1.29, 1.82) is 0 Å². The Bertz CT molecular complexity index is 258. The molecule has 86 valence electrons. The molecule has 5 heteroatoms. The number of nitrogens with zero attached hydrogens (tertiary/aromatic N) is 2. The molecule has 0 spiro atoms. The van der Waals surface area contributed by atoms with Gasteiger partial charge in [-0.3, -0.25) is 19.6 Å². The fourth-order valence-electron chi connectivity index (χ4n) is 1.78. The third kappa shape index (κ3) is 2.45. The molecule has 0 aromatic heterocycles. The third-order valence-electron chi connectivity index (χ3n) is 2.44. The Kier molecular flexibility index (Phi) is 4.45. The largest absolute Gasteiger partial charge is 0.273 e. The van der Waals surface area contributed by atoms with Crippen LogP contribution in [0.5, 0.6) is 0 Å². The minimum Gasteiger partial charge on any atom is -0.273 e. The van der Waals surface area contributed by atoms with Gasteiger partial charge in [-0.05, 0) is 19.6 Å². The summed E-state index contributed by atoms with van der Waals surface area (Å²) in [6.45, 7) is 6.93. The van der Waals surface area contributed by atoms with Crippen LogP contribution in [0.4, 0.5) is 0 Å². The smallest absolute Gasteiger partial charge is 0.254 e. The van der Waals surface area contributed by atoms with Crippen LogP contribution in [-0.4, -0.2) is 45.9 Å². The summed E-state index contributed by atoms with van der Waals surface area (Å²) in [5, 5.41) is 2.94. The van der Waals surface area contributed by atoms with Crippen molar-refractivity contribution < 1.29 is 9.59 Å². The van der Waals surface area contributed by atoms with Crippen molar-refractivity contribution in [3.05, 3.63) is 0 Å². The molecule has 0 aromatic carbocycles. The molecule has 15 heavy (non-hydrogen) atoms. The molecule has 0 aromatic rings. The van der Waals surface area contributed by atoms with E-state index >= 15 is 0 Å². The van der Waals surface area contributed by atoms with Crippen LogP contribution in [0.3, 0.4) is 0 Å². The SMILES string of the molecule is CCSC1CC(=O)N(CC)N(CC)C1=O. The molecule has 1 unspecified atom stereocenters. The van der Waals surface area contributed by atoms with Crippen LogP contribution in [0.2, 0.25) is 0 Å². The molecule has 2 amide bonds. The van der Waals surface area contributed by atoms with Gasteiger partial charge in [0.2, 0.25) is 5.91 Å². The number of thioether (sulfide) groups is 1. The van der Waals surface area contributed by atoms with Crippen LogP contribution in [0.15, 0.2) is 0 Å². The first-order chi connectivity index (χ1) is 7.15. The Balaban J connectivity index is 2.80. The molecule has 1 aliphatic heterocycles. The summed E-state index contributed by atoms with van der Waals surface area (Å²) in [6.07, 6.45) is 0.349. The van der Waals surface area contributed by atoms with Gasteiger partial charge in [0.15, 0.2) is 0 Å². The van der Waals surface area contributed by atoms with E-state index in [1.54, 1.807) is 21.8 Å². The Morgan fingerprint density at radius 1 is 1.20 bits per heavy atom. The lowest BCUT2D eigenvalue weighted by atomic mass is 10.2. The predicted molar refractivity (Wildman–Crippen MR) is 61.3 cm³/mol. The molecule has 0 saturated carbocycles. The molecule has 1 heterocycles. The van der Waals surface area contributed by atoms with Crippen molar-refractivity contribution in [2.75, 3.05) is 18.8 Å². The first kappa shape index (κ1) is 12.4. The molecular weight excluding hydrogens is 212 g/mol. The second kappa shape index (κ2) is 5.39. The molecule has 0 N–H and O–H groups in total. The van der Waals surface area contributed by atoms with E-state index in [0.717, 1.165) is 5.75 Å². The van der Waals surface area contributed by atoms with Crippen LogP contribution in [0, 0.1) is 0 Å². The first-order valence-corrected chi connectivity index (χ1v) is 6.43. The zero-order chi connectivity index (χ0) is 11.4. The van der Waals surface area contributed by atoms with Gasteiger partial charge >= 0.3 is 0 Å². The summed E-state index contributed by atoms with van der Waals surface area (Å²) in [6, 6.07) is 0. The highest BCUT2D eigenvalue weighted by atomic mass is 32.2. The van der Waals surface area contributed by atoms with Gasteiger partial charge < -0.3 is 0 Å². The Hall–Kier alpha value is -0.710. The lowest BCUT2D eigenvalue weighted by molar-refractivity contribution is -0.169. The van der Waals surface area contributed by atoms with Crippen LogP contribution in [0.1, 0.15) is 27.2 Å². The fraction of sp³-hybridized carbons (Fsp3) is 0.800. The molecule has 4 nitrogen and oxygen atoms in total. The summed E-state index contributed by atoms with van der Waals surface area (Å²) >= 11 is 1.56. The van der Waals surface area contributed by atoms with E-state index in [0.29, 0.717) is 19.5 Å². The third-order valence-corrected chi connectivity index (χ3v) is 3.54. The van der Waals surface area contributed by atoms with E-state index in [4.69, 9.17) is 0 Å². The maximum Gasteiger partial charge on any atom is 0.254 e. The zero-order valence-electron chi connectivity index (χ0n) is 9.52. The van der Waals surface area contributed by atoms with Crippen LogP contribution in [0.25, 0.3) is 0 Å². The molecule has 0 aliphatic carbocycles. The summed E-state index contributed by atoms with van der Waals surface area (Å²) < 4.78 is 0. The summed E-state index contributed by atoms with van der Waals surface area (Å²) in [5.41, 5.74) is 0. The van der Waals surface area contributed by atoms with Crippen LogP contribution >= 0.6 is 11.8 Å². The fourth-order valence-corrected chi connectivity index (χ4v) is 2.70. The van der Waals surface area contributed by atoms with E-state index < -0.39 is 0 Å². The van der Waals surface area contributed by atoms with Crippen molar-refractivity contribution in [2.24, 2.45) is 0 Å². The van der Waals surface area contributed by atoms with Crippen molar-refractivity contribution in [2.45, 2.75) is 32.4 Å². The molecule has 0 radical (unpaired) electrons. The summed E-state index contributed by atoms with van der Waals surface area (Å²) in [7, 11) is 0. The summed E-state index contributed by atoms with van der Waals surface area (Å²) in [5.74, 6) is 1.00. The average Bonchev–Trinajstić information content (AvgIpc) is 2.22. The Morgan fingerprint density at radius 2 is 1.80 bits per heavy atom. The number of rotatable bonds is 4. The zero-order valence-corrected chi connectivity index (χ0v) is 10.3. The number of hydrogen-bond donors (Lipinski definition) is 0. The van der Waals surface area contributed by atoms with Crippen LogP contribution in [-0.2, 0) is 9.59 Å². The minimum atomic E-state index is -0.176. The minimum absolute atomic E-state index is 0.0601. The Morgan fingerprint density at radius 3 is 2.27 bits per heavy atom. The standard InChI is InChI=1S/C10H18N2O2S/c1-4-11-9(13)7-8(15-6-3)10(14)12(11)5-2/h8H,4-7H2,1-3H3. The van der Waals surface area contributed by atoms with E-state index in [2.05, 4.69) is 0 Å². The molecule has 0 bridgehead atoms. The van der Waals surface area contributed by atoms with Gasteiger partial charge in [-0.25, -0.2) is 0 Å². The lowest BCUT2D eigenvalue weighted by Crippen LogP contribution is -2.57. The predicted octanol–water partition coefficient (Wildman–Crippen LogP) is 1.12. The van der Waals surface area contributed by atoms with Crippen molar-refractivity contribution in [3.63, 3.8) is 0 Å². The number of carbonyl (C=O) groups excluding carboxylic acids is 2. The molecule has 1 saturated heterocycles.